The van der Waals surface area contributed by atoms with Crippen LogP contribution in [0.1, 0.15) is 13.8 Å². The molecule has 0 atom stereocenters. The summed E-state index contributed by atoms with van der Waals surface area (Å²) in [7, 11) is 1.52. The predicted molar refractivity (Wildman–Crippen MR) is 72.0 cm³/mol. The molecule has 0 saturated carbocycles. The van der Waals surface area contributed by atoms with Crippen molar-refractivity contribution in [3.05, 3.63) is 24.8 Å². The SMILES string of the molecule is C=CCN1C(=O)CNc2c[c-]c(OC)nc21.CC.[Re]. The Morgan fingerprint density at radius 3 is 2.89 bits per heavy atom. The van der Waals surface area contributed by atoms with Gasteiger partial charge in [0.2, 0.25) is 5.91 Å². The minimum Gasteiger partial charge on any atom is -0.497 e. The number of nitrogens with zero attached hydrogens (tertiary/aromatic N) is 2. The first-order valence-corrected chi connectivity index (χ1v) is 5.88. The van der Waals surface area contributed by atoms with E-state index in [0.29, 0.717) is 18.2 Å². The van der Waals surface area contributed by atoms with E-state index in [1.165, 1.54) is 7.11 Å². The average molecular weight is 435 g/mol. The second kappa shape index (κ2) is 8.68. The molecule has 105 valence electrons. The van der Waals surface area contributed by atoms with Crippen LogP contribution in [-0.2, 0) is 25.2 Å². The van der Waals surface area contributed by atoms with Gasteiger partial charge in [-0.3, -0.25) is 4.79 Å². The molecule has 0 aromatic carbocycles. The molecule has 0 spiro atoms. The first-order valence-electron chi connectivity index (χ1n) is 5.88. The number of hydrogen-bond acceptors (Lipinski definition) is 4. The number of carbonyl (C=O) groups excluding carboxylic acids is 1. The number of rotatable bonds is 3. The summed E-state index contributed by atoms with van der Waals surface area (Å²) in [6.07, 6.45) is 1.66. The number of amides is 1. The van der Waals surface area contributed by atoms with Gasteiger partial charge in [-0.25, -0.2) is 11.1 Å². The fourth-order valence-corrected chi connectivity index (χ4v) is 1.53. The third-order valence-electron chi connectivity index (χ3n) is 2.28. The maximum absolute atomic E-state index is 11.7. The van der Waals surface area contributed by atoms with E-state index < -0.39 is 0 Å². The van der Waals surface area contributed by atoms with E-state index in [1.54, 1.807) is 17.0 Å². The van der Waals surface area contributed by atoms with E-state index in [-0.39, 0.29) is 32.9 Å². The van der Waals surface area contributed by atoms with Crippen molar-refractivity contribution in [1.29, 1.82) is 0 Å². The molecule has 0 unspecified atom stereocenters. The summed E-state index contributed by atoms with van der Waals surface area (Å²) < 4.78 is 4.98. The summed E-state index contributed by atoms with van der Waals surface area (Å²) in [6, 6.07) is 4.59. The number of aromatic nitrogens is 1. The van der Waals surface area contributed by atoms with Crippen molar-refractivity contribution in [2.75, 3.05) is 30.4 Å². The van der Waals surface area contributed by atoms with E-state index in [9.17, 15) is 4.79 Å². The van der Waals surface area contributed by atoms with Crippen molar-refractivity contribution in [3.8, 4) is 5.88 Å². The van der Waals surface area contributed by atoms with Crippen molar-refractivity contribution in [1.82, 2.24) is 4.98 Å². The van der Waals surface area contributed by atoms with Crippen LogP contribution in [0.4, 0.5) is 11.5 Å². The van der Waals surface area contributed by atoms with Crippen LogP contribution in [0.5, 0.6) is 5.88 Å². The van der Waals surface area contributed by atoms with Crippen LogP contribution < -0.4 is 15.0 Å². The minimum atomic E-state index is -0.0341. The smallest absolute Gasteiger partial charge is 0.245 e. The fourth-order valence-electron chi connectivity index (χ4n) is 1.53. The van der Waals surface area contributed by atoms with E-state index in [4.69, 9.17) is 4.74 Å². The summed E-state index contributed by atoms with van der Waals surface area (Å²) in [5.74, 6) is 0.893. The topological polar surface area (TPSA) is 54.5 Å². The van der Waals surface area contributed by atoms with Crippen molar-refractivity contribution in [2.24, 2.45) is 0 Å². The summed E-state index contributed by atoms with van der Waals surface area (Å²) in [4.78, 5) is 17.4. The van der Waals surface area contributed by atoms with Gasteiger partial charge in [-0.1, -0.05) is 25.6 Å². The van der Waals surface area contributed by atoms with Crippen molar-refractivity contribution >= 4 is 17.4 Å². The third-order valence-corrected chi connectivity index (χ3v) is 2.28. The van der Waals surface area contributed by atoms with Crippen molar-refractivity contribution < 1.29 is 30.0 Å². The average Bonchev–Trinajstić information content (AvgIpc) is 2.44. The Kier molecular flexibility index (Phi) is 8.05. The molecule has 1 N–H and O–H groups in total. The molecule has 0 fully saturated rings. The minimum absolute atomic E-state index is 0. The Balaban J connectivity index is 0.00000103. The Labute approximate surface area is 127 Å². The van der Waals surface area contributed by atoms with Crippen LogP contribution in [0.3, 0.4) is 0 Å². The van der Waals surface area contributed by atoms with Crippen LogP contribution in [0.15, 0.2) is 18.7 Å². The molecule has 2 rings (SSSR count). The molecule has 19 heavy (non-hydrogen) atoms. The van der Waals surface area contributed by atoms with Crippen LogP contribution >= 0.6 is 0 Å². The zero-order chi connectivity index (χ0) is 13.5. The molecule has 1 aliphatic heterocycles. The Morgan fingerprint density at radius 2 is 2.32 bits per heavy atom. The Hall–Kier alpha value is -1.38. The quantitative estimate of drug-likeness (QED) is 0.583. The molecule has 5 nitrogen and oxygen atoms in total. The molecule has 0 saturated heterocycles. The van der Waals surface area contributed by atoms with Crippen LogP contribution in [0, 0.1) is 6.07 Å². The maximum atomic E-state index is 11.7. The standard InChI is InChI=1S/C11H12N3O2.C2H6.Re/c1-3-6-14-10(15)7-12-8-4-5-9(16-2)13-11(8)14;1-2;/h3-4,12H,1,6-7H2,2H3;1-2H3;/q-1;;. The molecule has 1 aromatic rings. The van der Waals surface area contributed by atoms with Crippen LogP contribution in [0.2, 0.25) is 0 Å². The van der Waals surface area contributed by atoms with Gasteiger partial charge in [0.05, 0.1) is 19.5 Å². The monoisotopic (exact) mass is 435 g/mol. The van der Waals surface area contributed by atoms with Gasteiger partial charge in [0.15, 0.2) is 0 Å². The number of nitrogens with one attached hydrogen (secondary N) is 1. The van der Waals surface area contributed by atoms with Gasteiger partial charge >= 0.3 is 0 Å². The first kappa shape index (κ1) is 17.6. The zero-order valence-electron chi connectivity index (χ0n) is 11.4. The van der Waals surface area contributed by atoms with Crippen molar-refractivity contribution in [3.63, 3.8) is 0 Å². The number of methoxy groups -OCH3 is 1. The normalized spacial score (nSPS) is 12.2. The van der Waals surface area contributed by atoms with Gasteiger partial charge in [-0.05, 0) is 0 Å². The van der Waals surface area contributed by atoms with Crippen molar-refractivity contribution in [2.45, 2.75) is 13.8 Å². The molecule has 2 heterocycles. The van der Waals surface area contributed by atoms with E-state index >= 15 is 0 Å². The van der Waals surface area contributed by atoms with Crippen LogP contribution in [0.25, 0.3) is 0 Å². The van der Waals surface area contributed by atoms with Gasteiger partial charge in [0.25, 0.3) is 0 Å². The second-order valence-electron chi connectivity index (χ2n) is 3.29. The molecule has 1 radical (unpaired) electrons. The van der Waals surface area contributed by atoms with Gasteiger partial charge < -0.3 is 15.0 Å². The first-order chi connectivity index (χ1) is 8.76. The van der Waals surface area contributed by atoms with Gasteiger partial charge in [0.1, 0.15) is 5.88 Å². The van der Waals surface area contributed by atoms with Gasteiger partial charge in [-0.2, -0.15) is 6.07 Å². The van der Waals surface area contributed by atoms with E-state index in [1.807, 2.05) is 13.8 Å². The Bertz CT molecular complexity index is 438. The van der Waals surface area contributed by atoms with Crippen LogP contribution in [-0.4, -0.2) is 31.1 Å². The Morgan fingerprint density at radius 1 is 1.63 bits per heavy atom. The van der Waals surface area contributed by atoms with E-state index in [2.05, 4.69) is 22.9 Å². The third kappa shape index (κ3) is 4.05. The fraction of sp³-hybridized carbons (Fsp3) is 0.385. The van der Waals surface area contributed by atoms with Gasteiger partial charge in [-0.15, -0.1) is 6.58 Å². The summed E-state index contributed by atoms with van der Waals surface area (Å²) >= 11 is 0. The van der Waals surface area contributed by atoms with Gasteiger partial charge in [0, 0.05) is 27.0 Å². The molecule has 1 amide bonds. The maximum Gasteiger partial charge on any atom is 0.245 e. The second-order valence-corrected chi connectivity index (χ2v) is 3.29. The molecule has 6 heteroatoms. The zero-order valence-corrected chi connectivity index (χ0v) is 14.1. The molecule has 0 aliphatic carbocycles. The number of hydrogen-bond donors (Lipinski definition) is 1. The number of ether oxygens (including phenoxy) is 1. The molecule has 1 aliphatic rings. The number of fused-ring (bicyclic) bond motifs is 1. The molecular formula is C13H18N3O2Re-. The number of pyridine rings is 1. The largest absolute Gasteiger partial charge is 0.497 e. The van der Waals surface area contributed by atoms with E-state index in [0.717, 1.165) is 5.69 Å². The number of carbonyl (C=O) groups is 1. The molecule has 0 bridgehead atoms. The molecule has 1 aromatic heterocycles. The summed E-state index contributed by atoms with van der Waals surface area (Å²) in [6.45, 7) is 8.33. The number of anilines is 2. The summed E-state index contributed by atoms with van der Waals surface area (Å²) in [5, 5.41) is 2.98. The molecular weight excluding hydrogens is 416 g/mol. The predicted octanol–water partition coefficient (Wildman–Crippen LogP) is 1.86. The summed E-state index contributed by atoms with van der Waals surface area (Å²) in [5.41, 5.74) is 0.780.